The van der Waals surface area contributed by atoms with Crippen LogP contribution in [0.3, 0.4) is 0 Å². The first-order valence-corrected chi connectivity index (χ1v) is 6.75. The number of hydrogen-bond acceptors (Lipinski definition) is 1. The highest BCUT2D eigenvalue weighted by Gasteiger charge is 2.24. The Kier molecular flexibility index (Phi) is 4.58. The molecule has 2 nitrogen and oxygen atoms in total. The third-order valence-corrected chi connectivity index (χ3v) is 3.30. The summed E-state index contributed by atoms with van der Waals surface area (Å²) in [6, 6.07) is 6.39. The van der Waals surface area contributed by atoms with Gasteiger partial charge in [0.05, 0.1) is 22.9 Å². The molecule has 0 aliphatic heterocycles. The molecule has 0 saturated heterocycles. The molecule has 0 bridgehead atoms. The Morgan fingerprint density at radius 1 is 1.18 bits per heavy atom. The molecule has 94 valence electrons. The van der Waals surface area contributed by atoms with Gasteiger partial charge in [0.2, 0.25) is 0 Å². The van der Waals surface area contributed by atoms with Gasteiger partial charge in [0, 0.05) is 18.2 Å². The number of amidine groups is 1. The maximum Gasteiger partial charge on any atom is 0.120 e. The van der Waals surface area contributed by atoms with Crippen molar-refractivity contribution in [3.63, 3.8) is 0 Å². The molecule has 0 unspecified atom stereocenters. The predicted molar refractivity (Wildman–Crippen MR) is 85.2 cm³/mol. The van der Waals surface area contributed by atoms with Crippen LogP contribution in [0.5, 0.6) is 0 Å². The molecule has 0 heterocycles. The fourth-order valence-corrected chi connectivity index (χ4v) is 3.17. The monoisotopic (exact) mass is 344 g/mol. The lowest BCUT2D eigenvalue weighted by atomic mass is 9.93. The minimum atomic E-state index is 0.0463. The lowest BCUT2D eigenvalue weighted by molar-refractivity contribution is 0.583. The van der Waals surface area contributed by atoms with Crippen LogP contribution in [0.2, 0.25) is 0 Å². The predicted octanol–water partition coefficient (Wildman–Crippen LogP) is 4.53. The summed E-state index contributed by atoms with van der Waals surface area (Å²) in [5.41, 5.74) is 3.88. The Hall–Kier alpha value is -0.580. The van der Waals surface area contributed by atoms with Gasteiger partial charge in [-0.1, -0.05) is 39.0 Å². The van der Waals surface area contributed by atoms with Crippen molar-refractivity contribution in [1.29, 1.82) is 0 Å². The molecule has 0 atom stereocenters. The first kappa shape index (κ1) is 14.5. The second-order valence-corrected chi connectivity index (χ2v) is 5.94. The van der Waals surface area contributed by atoms with Gasteiger partial charge in [-0.3, -0.25) is 0 Å². The molecule has 0 fully saturated rings. The van der Waals surface area contributed by atoms with E-state index < -0.39 is 0 Å². The standard InChI is InChI=1S/C14H21IN2/c1-10-8-7-9-11(2)12(10)17(6)13(16-15)14(3,4)5/h7-9H,1-6H3. The summed E-state index contributed by atoms with van der Waals surface area (Å²) >= 11 is 2.09. The first-order valence-electron chi connectivity index (χ1n) is 5.78. The molecule has 0 N–H and O–H groups in total. The third kappa shape index (κ3) is 3.21. The highest BCUT2D eigenvalue weighted by molar-refractivity contribution is 14.1. The fourth-order valence-electron chi connectivity index (χ4n) is 2.13. The van der Waals surface area contributed by atoms with E-state index in [0.29, 0.717) is 0 Å². The van der Waals surface area contributed by atoms with Gasteiger partial charge in [-0.2, -0.15) is 0 Å². The quantitative estimate of drug-likeness (QED) is 0.415. The number of nitrogens with zero attached hydrogens (tertiary/aromatic N) is 2. The van der Waals surface area contributed by atoms with E-state index in [9.17, 15) is 0 Å². The minimum Gasteiger partial charge on any atom is -0.332 e. The molecule has 0 amide bonds. The molecule has 0 aliphatic rings. The molecular weight excluding hydrogens is 323 g/mol. The van der Waals surface area contributed by atoms with Crippen molar-refractivity contribution in [3.05, 3.63) is 29.3 Å². The molecule has 0 radical (unpaired) electrons. The van der Waals surface area contributed by atoms with Crippen molar-refractivity contribution >= 4 is 34.4 Å². The van der Waals surface area contributed by atoms with E-state index in [1.807, 2.05) is 0 Å². The zero-order valence-electron chi connectivity index (χ0n) is 11.5. The number of hydrogen-bond donors (Lipinski definition) is 0. The van der Waals surface area contributed by atoms with Gasteiger partial charge in [0.25, 0.3) is 0 Å². The molecule has 0 spiro atoms. The average molecular weight is 344 g/mol. The van der Waals surface area contributed by atoms with E-state index in [-0.39, 0.29) is 5.41 Å². The summed E-state index contributed by atoms with van der Waals surface area (Å²) in [5, 5.41) is 0. The zero-order valence-corrected chi connectivity index (χ0v) is 13.7. The molecule has 1 aromatic rings. The number of benzene rings is 1. The van der Waals surface area contributed by atoms with Crippen LogP contribution in [0, 0.1) is 19.3 Å². The topological polar surface area (TPSA) is 15.6 Å². The largest absolute Gasteiger partial charge is 0.332 e. The molecule has 0 saturated carbocycles. The van der Waals surface area contributed by atoms with Crippen LogP contribution >= 0.6 is 22.9 Å². The molecule has 0 aliphatic carbocycles. The van der Waals surface area contributed by atoms with Crippen molar-refractivity contribution in [2.24, 2.45) is 8.62 Å². The zero-order chi connectivity index (χ0) is 13.2. The number of para-hydroxylation sites is 1. The third-order valence-electron chi connectivity index (χ3n) is 2.84. The van der Waals surface area contributed by atoms with Crippen LogP contribution in [0.15, 0.2) is 21.4 Å². The number of rotatable bonds is 1. The maximum atomic E-state index is 4.43. The van der Waals surface area contributed by atoms with Crippen LogP contribution in [-0.4, -0.2) is 12.9 Å². The second kappa shape index (κ2) is 5.38. The van der Waals surface area contributed by atoms with Crippen molar-refractivity contribution < 1.29 is 0 Å². The Bertz CT molecular complexity index is 410. The average Bonchev–Trinajstić information content (AvgIpc) is 2.15. The van der Waals surface area contributed by atoms with Gasteiger partial charge in [-0.05, 0) is 25.0 Å². The summed E-state index contributed by atoms with van der Waals surface area (Å²) in [7, 11) is 2.10. The molecule has 1 aromatic carbocycles. The van der Waals surface area contributed by atoms with Crippen LogP contribution in [0.1, 0.15) is 31.9 Å². The van der Waals surface area contributed by atoms with Crippen molar-refractivity contribution in [1.82, 2.24) is 0 Å². The van der Waals surface area contributed by atoms with Gasteiger partial charge in [0.15, 0.2) is 0 Å². The summed E-state index contributed by atoms with van der Waals surface area (Å²) in [5.74, 6) is 1.09. The Balaban J connectivity index is 3.25. The van der Waals surface area contributed by atoms with Gasteiger partial charge < -0.3 is 4.90 Å². The molecule has 1 rings (SSSR count). The molecular formula is C14H21IN2. The Labute approximate surface area is 119 Å². The maximum absolute atomic E-state index is 4.43. The molecule has 3 heteroatoms. The highest BCUT2D eigenvalue weighted by Crippen LogP contribution is 2.29. The van der Waals surface area contributed by atoms with Gasteiger partial charge in [0.1, 0.15) is 5.84 Å². The van der Waals surface area contributed by atoms with Crippen molar-refractivity contribution in [3.8, 4) is 0 Å². The molecule has 0 aromatic heterocycles. The summed E-state index contributed by atoms with van der Waals surface area (Å²) in [4.78, 5) is 2.21. The van der Waals surface area contributed by atoms with E-state index >= 15 is 0 Å². The highest BCUT2D eigenvalue weighted by atomic mass is 127. The van der Waals surface area contributed by atoms with E-state index in [1.54, 1.807) is 0 Å². The fraction of sp³-hybridized carbons (Fsp3) is 0.500. The molecule has 17 heavy (non-hydrogen) atoms. The lowest BCUT2D eigenvalue weighted by Gasteiger charge is -2.32. The number of halogens is 1. The minimum absolute atomic E-state index is 0.0463. The van der Waals surface area contributed by atoms with Crippen molar-refractivity contribution in [2.75, 3.05) is 11.9 Å². The van der Waals surface area contributed by atoms with Crippen LogP contribution in [-0.2, 0) is 0 Å². The number of aryl methyl sites for hydroxylation is 2. The summed E-state index contributed by atoms with van der Waals surface area (Å²) in [6.45, 7) is 10.9. The normalized spacial score (nSPS) is 12.8. The van der Waals surface area contributed by atoms with E-state index in [1.165, 1.54) is 16.8 Å². The van der Waals surface area contributed by atoms with E-state index in [0.717, 1.165) is 5.84 Å². The lowest BCUT2D eigenvalue weighted by Crippen LogP contribution is -2.37. The van der Waals surface area contributed by atoms with Gasteiger partial charge in [-0.15, -0.1) is 0 Å². The Morgan fingerprint density at radius 2 is 1.65 bits per heavy atom. The SMILES string of the molecule is Cc1cccc(C)c1N(C)C(=NI)C(C)(C)C. The van der Waals surface area contributed by atoms with Crippen LogP contribution in [0.4, 0.5) is 5.69 Å². The van der Waals surface area contributed by atoms with Crippen LogP contribution < -0.4 is 4.90 Å². The summed E-state index contributed by atoms with van der Waals surface area (Å²) < 4.78 is 4.43. The van der Waals surface area contributed by atoms with Gasteiger partial charge >= 0.3 is 0 Å². The van der Waals surface area contributed by atoms with Gasteiger partial charge in [-0.25, -0.2) is 3.21 Å². The van der Waals surface area contributed by atoms with E-state index in [4.69, 9.17) is 0 Å². The first-order chi connectivity index (χ1) is 7.79. The second-order valence-electron chi connectivity index (χ2n) is 5.46. The Morgan fingerprint density at radius 3 is 2.00 bits per heavy atom. The van der Waals surface area contributed by atoms with Crippen molar-refractivity contribution in [2.45, 2.75) is 34.6 Å². The smallest absolute Gasteiger partial charge is 0.120 e. The van der Waals surface area contributed by atoms with Crippen LogP contribution in [0.25, 0.3) is 0 Å². The summed E-state index contributed by atoms with van der Waals surface area (Å²) in [6.07, 6.45) is 0. The number of anilines is 1. The van der Waals surface area contributed by atoms with E-state index in [2.05, 4.69) is 90.8 Å².